The molecule has 5 heteroatoms. The summed E-state index contributed by atoms with van der Waals surface area (Å²) in [5, 5.41) is 0. The lowest BCUT2D eigenvalue weighted by Gasteiger charge is -2.36. The zero-order valence-electron chi connectivity index (χ0n) is 11.6. The fourth-order valence-electron chi connectivity index (χ4n) is 2.67. The summed E-state index contributed by atoms with van der Waals surface area (Å²) in [5.41, 5.74) is 5.36. The fraction of sp³-hybridized carbons (Fsp3) is 0.923. The highest BCUT2D eigenvalue weighted by Gasteiger charge is 2.48. The average molecular weight is 256 g/mol. The van der Waals surface area contributed by atoms with Gasteiger partial charge in [-0.2, -0.15) is 0 Å². The Kier molecular flexibility index (Phi) is 3.56. The summed E-state index contributed by atoms with van der Waals surface area (Å²) in [6.45, 7) is 7.43. The van der Waals surface area contributed by atoms with E-state index < -0.39 is 5.60 Å². The van der Waals surface area contributed by atoms with Crippen LogP contribution in [0.25, 0.3) is 0 Å². The highest BCUT2D eigenvalue weighted by molar-refractivity contribution is 5.69. The first kappa shape index (κ1) is 13.6. The van der Waals surface area contributed by atoms with Gasteiger partial charge in [0.1, 0.15) is 11.2 Å². The Balaban J connectivity index is 1.99. The standard InChI is InChI=1S/C13H24N2O3/c1-12(2,3)18-11(16)15-8-10(14)13(9-15)6-4-5-7-17-13/h10H,4-9,14H2,1-3H3. The van der Waals surface area contributed by atoms with Gasteiger partial charge in [-0.3, -0.25) is 0 Å². The van der Waals surface area contributed by atoms with Gasteiger partial charge >= 0.3 is 6.09 Å². The highest BCUT2D eigenvalue weighted by atomic mass is 16.6. The number of nitrogens with zero attached hydrogens (tertiary/aromatic N) is 1. The molecule has 0 radical (unpaired) electrons. The van der Waals surface area contributed by atoms with E-state index in [2.05, 4.69) is 0 Å². The van der Waals surface area contributed by atoms with Gasteiger partial charge in [-0.05, 0) is 40.0 Å². The largest absolute Gasteiger partial charge is 0.444 e. The monoisotopic (exact) mass is 256 g/mol. The Morgan fingerprint density at radius 3 is 2.72 bits per heavy atom. The van der Waals surface area contributed by atoms with Crippen LogP contribution in [-0.2, 0) is 9.47 Å². The molecule has 2 fully saturated rings. The van der Waals surface area contributed by atoms with E-state index in [1.807, 2.05) is 20.8 Å². The molecule has 2 saturated heterocycles. The molecule has 18 heavy (non-hydrogen) atoms. The van der Waals surface area contributed by atoms with Crippen LogP contribution in [0.15, 0.2) is 0 Å². The van der Waals surface area contributed by atoms with Gasteiger partial charge in [0.25, 0.3) is 0 Å². The van der Waals surface area contributed by atoms with Gasteiger partial charge in [0, 0.05) is 13.2 Å². The lowest BCUT2D eigenvalue weighted by atomic mass is 9.90. The SMILES string of the molecule is CC(C)(C)OC(=O)N1CC(N)C2(CCCCO2)C1. The molecular formula is C13H24N2O3. The molecule has 0 aromatic rings. The van der Waals surface area contributed by atoms with Gasteiger partial charge in [-0.1, -0.05) is 0 Å². The van der Waals surface area contributed by atoms with Gasteiger partial charge in [0.2, 0.25) is 0 Å². The minimum Gasteiger partial charge on any atom is -0.444 e. The number of nitrogens with two attached hydrogens (primary N) is 1. The van der Waals surface area contributed by atoms with Crippen molar-refractivity contribution in [1.29, 1.82) is 0 Å². The second kappa shape index (κ2) is 4.70. The summed E-state index contributed by atoms with van der Waals surface area (Å²) < 4.78 is 11.3. The molecule has 2 unspecified atom stereocenters. The van der Waals surface area contributed by atoms with Gasteiger partial charge in [-0.25, -0.2) is 4.79 Å². The first-order chi connectivity index (χ1) is 8.32. The number of likely N-dealkylation sites (tertiary alicyclic amines) is 1. The summed E-state index contributed by atoms with van der Waals surface area (Å²) in [5.74, 6) is 0. The molecule has 2 heterocycles. The van der Waals surface area contributed by atoms with Crippen molar-refractivity contribution in [3.63, 3.8) is 0 Å². The van der Waals surface area contributed by atoms with E-state index in [4.69, 9.17) is 15.2 Å². The molecule has 2 aliphatic heterocycles. The molecular weight excluding hydrogens is 232 g/mol. The zero-order chi connectivity index (χ0) is 13.4. The van der Waals surface area contributed by atoms with Crippen LogP contribution in [0.5, 0.6) is 0 Å². The van der Waals surface area contributed by atoms with Crippen molar-refractivity contribution in [2.45, 2.75) is 57.3 Å². The molecule has 1 spiro atoms. The molecule has 1 amide bonds. The van der Waals surface area contributed by atoms with E-state index in [-0.39, 0.29) is 17.7 Å². The Hall–Kier alpha value is -0.810. The maximum atomic E-state index is 12.0. The van der Waals surface area contributed by atoms with Crippen LogP contribution in [0.2, 0.25) is 0 Å². The Labute approximate surface area is 109 Å². The predicted molar refractivity (Wildman–Crippen MR) is 68.3 cm³/mol. The lowest BCUT2D eigenvalue weighted by Crippen LogP contribution is -2.51. The highest BCUT2D eigenvalue weighted by Crippen LogP contribution is 2.33. The van der Waals surface area contributed by atoms with E-state index in [1.165, 1.54) is 0 Å². The van der Waals surface area contributed by atoms with Crippen LogP contribution in [-0.4, -0.2) is 47.9 Å². The van der Waals surface area contributed by atoms with Crippen molar-refractivity contribution in [2.24, 2.45) is 5.73 Å². The summed E-state index contributed by atoms with van der Waals surface area (Å²) >= 11 is 0. The van der Waals surface area contributed by atoms with Crippen LogP contribution in [0.1, 0.15) is 40.0 Å². The molecule has 0 aliphatic carbocycles. The quantitative estimate of drug-likeness (QED) is 0.713. The third kappa shape index (κ3) is 2.78. The van der Waals surface area contributed by atoms with Crippen LogP contribution < -0.4 is 5.73 Å². The molecule has 2 rings (SSSR count). The molecule has 104 valence electrons. The van der Waals surface area contributed by atoms with Gasteiger partial charge in [0.15, 0.2) is 0 Å². The third-order valence-corrected chi connectivity index (χ3v) is 3.59. The van der Waals surface area contributed by atoms with E-state index in [1.54, 1.807) is 4.90 Å². The molecule has 5 nitrogen and oxygen atoms in total. The first-order valence-electron chi connectivity index (χ1n) is 6.70. The van der Waals surface area contributed by atoms with Crippen LogP contribution in [0.4, 0.5) is 4.79 Å². The second-order valence-corrected chi connectivity index (χ2v) is 6.34. The van der Waals surface area contributed by atoms with Crippen molar-refractivity contribution in [2.75, 3.05) is 19.7 Å². The summed E-state index contributed by atoms with van der Waals surface area (Å²) in [6.07, 6.45) is 2.86. The number of ether oxygens (including phenoxy) is 2. The Bertz CT molecular complexity index is 319. The summed E-state index contributed by atoms with van der Waals surface area (Å²) in [7, 11) is 0. The molecule has 2 aliphatic rings. The number of carbonyl (C=O) groups excluding carboxylic acids is 1. The van der Waals surface area contributed by atoms with Gasteiger partial charge < -0.3 is 20.1 Å². The maximum Gasteiger partial charge on any atom is 0.410 e. The van der Waals surface area contributed by atoms with Crippen molar-refractivity contribution in [3.8, 4) is 0 Å². The van der Waals surface area contributed by atoms with Crippen LogP contribution in [0, 0.1) is 0 Å². The number of hydrogen-bond acceptors (Lipinski definition) is 4. The van der Waals surface area contributed by atoms with Crippen molar-refractivity contribution >= 4 is 6.09 Å². The van der Waals surface area contributed by atoms with E-state index in [0.29, 0.717) is 13.1 Å². The van der Waals surface area contributed by atoms with Gasteiger partial charge in [-0.15, -0.1) is 0 Å². The normalized spacial score (nSPS) is 32.9. The molecule has 0 saturated carbocycles. The number of hydrogen-bond donors (Lipinski definition) is 1. The minimum atomic E-state index is -0.468. The van der Waals surface area contributed by atoms with Crippen molar-refractivity contribution < 1.29 is 14.3 Å². The van der Waals surface area contributed by atoms with Crippen LogP contribution in [0.3, 0.4) is 0 Å². The molecule has 0 bridgehead atoms. The van der Waals surface area contributed by atoms with E-state index in [9.17, 15) is 4.79 Å². The fourth-order valence-corrected chi connectivity index (χ4v) is 2.67. The lowest BCUT2D eigenvalue weighted by molar-refractivity contribution is -0.0783. The number of amides is 1. The maximum absolute atomic E-state index is 12.0. The Morgan fingerprint density at radius 2 is 2.17 bits per heavy atom. The molecule has 2 atom stereocenters. The molecule has 2 N–H and O–H groups in total. The van der Waals surface area contributed by atoms with Crippen molar-refractivity contribution in [3.05, 3.63) is 0 Å². The number of carbonyl (C=O) groups is 1. The predicted octanol–water partition coefficient (Wildman–Crippen LogP) is 1.50. The zero-order valence-corrected chi connectivity index (χ0v) is 11.6. The molecule has 0 aromatic carbocycles. The van der Waals surface area contributed by atoms with E-state index in [0.717, 1.165) is 25.9 Å². The van der Waals surface area contributed by atoms with Gasteiger partial charge in [0.05, 0.1) is 12.6 Å². The van der Waals surface area contributed by atoms with E-state index >= 15 is 0 Å². The Morgan fingerprint density at radius 1 is 1.44 bits per heavy atom. The second-order valence-electron chi connectivity index (χ2n) is 6.34. The topological polar surface area (TPSA) is 64.8 Å². The summed E-state index contributed by atoms with van der Waals surface area (Å²) in [4.78, 5) is 13.7. The minimum absolute atomic E-state index is 0.106. The number of rotatable bonds is 0. The first-order valence-corrected chi connectivity index (χ1v) is 6.70. The summed E-state index contributed by atoms with van der Waals surface area (Å²) in [6, 6.07) is -0.106. The third-order valence-electron chi connectivity index (χ3n) is 3.59. The average Bonchev–Trinajstić information content (AvgIpc) is 2.56. The van der Waals surface area contributed by atoms with Crippen molar-refractivity contribution in [1.82, 2.24) is 4.90 Å². The molecule has 0 aromatic heterocycles. The smallest absolute Gasteiger partial charge is 0.410 e. The van der Waals surface area contributed by atoms with Crippen LogP contribution >= 0.6 is 0 Å².